The number of pyridine rings is 1. The molecule has 0 amide bonds. The number of aryl methyl sites for hydroxylation is 2. The third-order valence-electron chi connectivity index (χ3n) is 5.74. The zero-order valence-electron chi connectivity index (χ0n) is 19.4. The van der Waals surface area contributed by atoms with E-state index in [0.717, 1.165) is 16.9 Å². The van der Waals surface area contributed by atoms with Crippen LogP contribution in [0.15, 0.2) is 77.7 Å². The highest BCUT2D eigenvalue weighted by atomic mass is 35.5. The molecule has 0 bridgehead atoms. The second-order valence-electron chi connectivity index (χ2n) is 8.22. The Morgan fingerprint density at radius 3 is 2.56 bits per heavy atom. The van der Waals surface area contributed by atoms with E-state index in [1.165, 1.54) is 16.5 Å². The van der Waals surface area contributed by atoms with Crippen LogP contribution in [0.25, 0.3) is 22.6 Å². The topological polar surface area (TPSA) is 105 Å². The number of hydrogen-bond donors (Lipinski definition) is 0. The van der Waals surface area contributed by atoms with Crippen LogP contribution in [-0.2, 0) is 6.61 Å². The fourth-order valence-corrected chi connectivity index (χ4v) is 4.18. The fourth-order valence-electron chi connectivity index (χ4n) is 3.99. The van der Waals surface area contributed by atoms with Crippen molar-refractivity contribution in [3.05, 3.63) is 115 Å². The third kappa shape index (κ3) is 4.32. The number of rotatable bonds is 6. The molecule has 5 aromatic rings. The molecule has 0 spiro atoms. The average molecular weight is 502 g/mol. The van der Waals surface area contributed by atoms with Crippen molar-refractivity contribution in [1.82, 2.24) is 19.2 Å². The van der Waals surface area contributed by atoms with Gasteiger partial charge in [-0.2, -0.15) is 5.10 Å². The maximum Gasteiger partial charge on any atom is 0.269 e. The standard InChI is InChI=1S/C26H20ClN5O4/c1-16-13-22(29-31(16)21-6-3-5-19(27)14-21)24-17(2)28-25-23(7-4-12-30(25)26(24)33)36-15-18-8-10-20(11-9-18)32(34)35/h3-14H,15H2,1-2H3. The molecule has 0 saturated heterocycles. The summed E-state index contributed by atoms with van der Waals surface area (Å²) in [5, 5.41) is 16.1. The number of benzene rings is 2. The van der Waals surface area contributed by atoms with E-state index in [1.54, 1.807) is 54.2 Å². The van der Waals surface area contributed by atoms with Crippen LogP contribution < -0.4 is 10.3 Å². The Morgan fingerprint density at radius 2 is 1.83 bits per heavy atom. The number of hydrogen-bond acceptors (Lipinski definition) is 6. The Balaban J connectivity index is 1.50. The van der Waals surface area contributed by atoms with Crippen LogP contribution in [-0.4, -0.2) is 24.1 Å². The van der Waals surface area contributed by atoms with Gasteiger partial charge in [0.15, 0.2) is 11.4 Å². The molecule has 0 fully saturated rings. The Bertz CT molecular complexity index is 1670. The Kier molecular flexibility index (Phi) is 5.99. The Morgan fingerprint density at radius 1 is 1.06 bits per heavy atom. The predicted molar refractivity (Wildman–Crippen MR) is 136 cm³/mol. The summed E-state index contributed by atoms with van der Waals surface area (Å²) in [4.78, 5) is 28.6. The smallest absolute Gasteiger partial charge is 0.269 e. The number of nitro benzene ring substituents is 1. The van der Waals surface area contributed by atoms with Crippen molar-refractivity contribution in [2.75, 3.05) is 0 Å². The minimum atomic E-state index is -0.453. The normalized spacial score (nSPS) is 11.1. The average Bonchev–Trinajstić information content (AvgIpc) is 3.24. The molecule has 5 rings (SSSR count). The number of ether oxygens (including phenoxy) is 1. The van der Waals surface area contributed by atoms with Crippen LogP contribution in [0.4, 0.5) is 5.69 Å². The lowest BCUT2D eigenvalue weighted by atomic mass is 10.1. The van der Waals surface area contributed by atoms with Crippen molar-refractivity contribution >= 4 is 22.9 Å². The molecule has 9 nitrogen and oxygen atoms in total. The number of fused-ring (bicyclic) bond motifs is 1. The van der Waals surface area contributed by atoms with Gasteiger partial charge < -0.3 is 4.74 Å². The van der Waals surface area contributed by atoms with Gasteiger partial charge in [-0.3, -0.25) is 19.3 Å². The van der Waals surface area contributed by atoms with E-state index >= 15 is 0 Å². The molecule has 2 aromatic carbocycles. The van der Waals surface area contributed by atoms with E-state index in [2.05, 4.69) is 10.1 Å². The summed E-state index contributed by atoms with van der Waals surface area (Å²) in [6.07, 6.45) is 1.63. The van der Waals surface area contributed by atoms with Crippen LogP contribution in [0.3, 0.4) is 0 Å². The summed E-state index contributed by atoms with van der Waals surface area (Å²) >= 11 is 6.14. The monoisotopic (exact) mass is 501 g/mol. The first-order valence-corrected chi connectivity index (χ1v) is 11.4. The molecule has 0 aliphatic heterocycles. The number of non-ortho nitro benzene ring substituents is 1. The molecule has 0 unspecified atom stereocenters. The van der Waals surface area contributed by atoms with Crippen LogP contribution in [0, 0.1) is 24.0 Å². The minimum Gasteiger partial charge on any atom is -0.485 e. The quantitative estimate of drug-likeness (QED) is 0.231. The van der Waals surface area contributed by atoms with Gasteiger partial charge in [-0.1, -0.05) is 17.7 Å². The predicted octanol–water partition coefficient (Wildman–Crippen LogP) is 5.30. The molecule has 36 heavy (non-hydrogen) atoms. The van der Waals surface area contributed by atoms with E-state index in [-0.39, 0.29) is 17.9 Å². The van der Waals surface area contributed by atoms with E-state index < -0.39 is 4.92 Å². The lowest BCUT2D eigenvalue weighted by Gasteiger charge is -2.11. The minimum absolute atomic E-state index is 0.00771. The molecule has 0 saturated carbocycles. The lowest BCUT2D eigenvalue weighted by Crippen LogP contribution is -2.19. The molecular formula is C26H20ClN5O4. The number of nitro groups is 1. The molecule has 10 heteroatoms. The van der Waals surface area contributed by atoms with Gasteiger partial charge in [0.05, 0.1) is 21.9 Å². The molecule has 3 aromatic heterocycles. The lowest BCUT2D eigenvalue weighted by molar-refractivity contribution is -0.384. The highest BCUT2D eigenvalue weighted by Crippen LogP contribution is 2.25. The van der Waals surface area contributed by atoms with Gasteiger partial charge in [-0.15, -0.1) is 0 Å². The second-order valence-corrected chi connectivity index (χ2v) is 8.65. The zero-order valence-corrected chi connectivity index (χ0v) is 20.1. The molecule has 0 aliphatic rings. The molecule has 0 atom stereocenters. The number of nitrogens with zero attached hydrogens (tertiary/aromatic N) is 5. The fraction of sp³-hybridized carbons (Fsp3) is 0.115. The Hall–Kier alpha value is -4.50. The maximum atomic E-state index is 13.5. The summed E-state index contributed by atoms with van der Waals surface area (Å²) in [6.45, 7) is 3.83. The largest absolute Gasteiger partial charge is 0.485 e. The van der Waals surface area contributed by atoms with Gasteiger partial charge in [0.2, 0.25) is 0 Å². The summed E-state index contributed by atoms with van der Waals surface area (Å²) in [6, 6.07) is 18.7. The van der Waals surface area contributed by atoms with Gasteiger partial charge in [-0.05, 0) is 67.9 Å². The van der Waals surface area contributed by atoms with Gasteiger partial charge in [0, 0.05) is 29.0 Å². The molecule has 0 N–H and O–H groups in total. The number of aromatic nitrogens is 4. The molecular weight excluding hydrogens is 482 g/mol. The van der Waals surface area contributed by atoms with Crippen molar-refractivity contribution in [2.24, 2.45) is 0 Å². The van der Waals surface area contributed by atoms with Crippen molar-refractivity contribution < 1.29 is 9.66 Å². The molecule has 0 aliphatic carbocycles. The van der Waals surface area contributed by atoms with E-state index in [9.17, 15) is 14.9 Å². The van der Waals surface area contributed by atoms with Crippen LogP contribution in [0.1, 0.15) is 17.0 Å². The first-order chi connectivity index (χ1) is 17.3. The second kappa shape index (κ2) is 9.27. The van der Waals surface area contributed by atoms with Gasteiger partial charge >= 0.3 is 0 Å². The Labute approximate surface area is 210 Å². The van der Waals surface area contributed by atoms with Crippen molar-refractivity contribution in [3.63, 3.8) is 0 Å². The van der Waals surface area contributed by atoms with E-state index in [1.807, 2.05) is 25.1 Å². The highest BCUT2D eigenvalue weighted by Gasteiger charge is 2.18. The van der Waals surface area contributed by atoms with Crippen LogP contribution >= 0.6 is 11.6 Å². The zero-order chi connectivity index (χ0) is 25.4. The van der Waals surface area contributed by atoms with Crippen molar-refractivity contribution in [1.29, 1.82) is 0 Å². The summed E-state index contributed by atoms with van der Waals surface area (Å²) in [5.41, 5.74) is 3.91. The van der Waals surface area contributed by atoms with Crippen LogP contribution in [0.5, 0.6) is 5.75 Å². The first-order valence-electron chi connectivity index (χ1n) is 11.0. The van der Waals surface area contributed by atoms with Crippen molar-refractivity contribution in [3.8, 4) is 22.7 Å². The third-order valence-corrected chi connectivity index (χ3v) is 5.97. The van der Waals surface area contributed by atoms with E-state index in [4.69, 9.17) is 16.3 Å². The van der Waals surface area contributed by atoms with Gasteiger partial charge in [0.25, 0.3) is 11.2 Å². The number of halogens is 1. The maximum absolute atomic E-state index is 13.5. The van der Waals surface area contributed by atoms with E-state index in [0.29, 0.717) is 33.4 Å². The molecule has 180 valence electrons. The summed E-state index contributed by atoms with van der Waals surface area (Å²) < 4.78 is 9.10. The SMILES string of the molecule is Cc1nc2c(OCc3ccc([N+](=O)[O-])cc3)cccn2c(=O)c1-c1cc(C)n(-c2cccc(Cl)c2)n1. The summed E-state index contributed by atoms with van der Waals surface area (Å²) in [5.74, 6) is 0.420. The van der Waals surface area contributed by atoms with Crippen LogP contribution in [0.2, 0.25) is 5.02 Å². The van der Waals surface area contributed by atoms with Crippen molar-refractivity contribution in [2.45, 2.75) is 20.5 Å². The molecule has 0 radical (unpaired) electrons. The highest BCUT2D eigenvalue weighted by molar-refractivity contribution is 6.30. The summed E-state index contributed by atoms with van der Waals surface area (Å²) in [7, 11) is 0. The van der Waals surface area contributed by atoms with Gasteiger partial charge in [0.1, 0.15) is 12.3 Å². The van der Waals surface area contributed by atoms with Gasteiger partial charge in [-0.25, -0.2) is 9.67 Å². The molecule has 3 heterocycles. The first kappa shape index (κ1) is 23.3.